The predicted molar refractivity (Wildman–Crippen MR) is 159 cm³/mol. The molecule has 0 radical (unpaired) electrons. The highest BCUT2D eigenvalue weighted by molar-refractivity contribution is 7.92. The molecule has 0 aliphatic rings. The number of carbonyl (C=O) groups excluding carboxylic acids is 2. The lowest BCUT2D eigenvalue weighted by Crippen LogP contribution is -2.52. The summed E-state index contributed by atoms with van der Waals surface area (Å²) in [5, 5.41) is 2.89. The largest absolute Gasteiger partial charge is 0.497 e. The summed E-state index contributed by atoms with van der Waals surface area (Å²) < 4.78 is 53.3. The molecular formula is C31H38FN3O6S. The van der Waals surface area contributed by atoms with Crippen LogP contribution in [0.4, 0.5) is 10.1 Å². The van der Waals surface area contributed by atoms with Gasteiger partial charge >= 0.3 is 0 Å². The van der Waals surface area contributed by atoms with Gasteiger partial charge in [0.2, 0.25) is 11.8 Å². The van der Waals surface area contributed by atoms with E-state index in [4.69, 9.17) is 9.47 Å². The zero-order chi connectivity index (χ0) is 30.9. The lowest BCUT2D eigenvalue weighted by molar-refractivity contribution is -0.139. The van der Waals surface area contributed by atoms with Crippen molar-refractivity contribution < 1.29 is 31.9 Å². The van der Waals surface area contributed by atoms with E-state index in [0.717, 1.165) is 16.4 Å². The van der Waals surface area contributed by atoms with E-state index in [1.165, 1.54) is 48.4 Å². The van der Waals surface area contributed by atoms with Crippen LogP contribution in [0.3, 0.4) is 0 Å². The Morgan fingerprint density at radius 3 is 2.21 bits per heavy atom. The maximum Gasteiger partial charge on any atom is 0.264 e. The Hall–Kier alpha value is -4.12. The first kappa shape index (κ1) is 32.4. The first-order chi connectivity index (χ1) is 20.0. The number of nitrogens with one attached hydrogen (secondary N) is 1. The summed E-state index contributed by atoms with van der Waals surface area (Å²) in [6.07, 6.45) is 0.695. The van der Waals surface area contributed by atoms with Crippen molar-refractivity contribution in [3.05, 3.63) is 84.2 Å². The van der Waals surface area contributed by atoms with Crippen molar-refractivity contribution in [1.29, 1.82) is 0 Å². The summed E-state index contributed by atoms with van der Waals surface area (Å²) in [6, 6.07) is 16.7. The first-order valence-electron chi connectivity index (χ1n) is 13.7. The van der Waals surface area contributed by atoms with Crippen LogP contribution in [0.15, 0.2) is 77.7 Å². The molecule has 0 saturated carbocycles. The molecule has 0 aromatic heterocycles. The minimum atomic E-state index is -4.29. The zero-order valence-corrected chi connectivity index (χ0v) is 25.4. The lowest BCUT2D eigenvalue weighted by Gasteiger charge is -2.32. The molecule has 2 amide bonds. The van der Waals surface area contributed by atoms with Crippen LogP contribution < -0.4 is 19.1 Å². The van der Waals surface area contributed by atoms with Gasteiger partial charge in [0.05, 0.1) is 24.3 Å². The van der Waals surface area contributed by atoms with Crippen LogP contribution in [0.2, 0.25) is 0 Å². The highest BCUT2D eigenvalue weighted by Crippen LogP contribution is 2.26. The van der Waals surface area contributed by atoms with E-state index in [9.17, 15) is 22.4 Å². The molecule has 0 unspecified atom stereocenters. The number of anilines is 1. The highest BCUT2D eigenvalue weighted by Gasteiger charge is 2.33. The minimum Gasteiger partial charge on any atom is -0.497 e. The lowest BCUT2D eigenvalue weighted by atomic mass is 10.1. The molecule has 42 heavy (non-hydrogen) atoms. The Bertz CT molecular complexity index is 1450. The van der Waals surface area contributed by atoms with Crippen LogP contribution in [0.1, 0.15) is 39.7 Å². The average molecular weight is 600 g/mol. The summed E-state index contributed by atoms with van der Waals surface area (Å²) in [5.41, 5.74) is 0.783. The number of amides is 2. The fraction of sp³-hybridized carbons (Fsp3) is 0.355. The summed E-state index contributed by atoms with van der Waals surface area (Å²) >= 11 is 0. The zero-order valence-electron chi connectivity index (χ0n) is 24.5. The molecule has 0 fully saturated rings. The molecule has 3 aromatic rings. The second-order valence-electron chi connectivity index (χ2n) is 9.76. The SMILES string of the molecule is CCOc1ccc(S(=O)(=O)N(CC(=O)N(Cc2cccc(OC)c2)[C@H](C)C(=O)N[C@H](C)CC)c2ccc(F)cc2)cc1. The van der Waals surface area contributed by atoms with E-state index in [2.05, 4.69) is 5.32 Å². The van der Waals surface area contributed by atoms with Gasteiger partial charge in [0, 0.05) is 12.6 Å². The van der Waals surface area contributed by atoms with Crippen molar-refractivity contribution >= 4 is 27.5 Å². The summed E-state index contributed by atoms with van der Waals surface area (Å²) in [6.45, 7) is 7.00. The van der Waals surface area contributed by atoms with Crippen molar-refractivity contribution in [3.8, 4) is 11.5 Å². The van der Waals surface area contributed by atoms with Crippen molar-refractivity contribution in [2.24, 2.45) is 0 Å². The van der Waals surface area contributed by atoms with Gasteiger partial charge in [-0.05, 0) is 93.4 Å². The Morgan fingerprint density at radius 2 is 1.62 bits per heavy atom. The van der Waals surface area contributed by atoms with Gasteiger partial charge in [-0.2, -0.15) is 0 Å². The maximum atomic E-state index is 14.0. The summed E-state index contributed by atoms with van der Waals surface area (Å²) in [4.78, 5) is 28.4. The van der Waals surface area contributed by atoms with Crippen LogP contribution in [0.5, 0.6) is 11.5 Å². The van der Waals surface area contributed by atoms with E-state index in [-0.39, 0.29) is 29.1 Å². The van der Waals surface area contributed by atoms with Crippen LogP contribution in [-0.4, -0.2) is 57.5 Å². The van der Waals surface area contributed by atoms with Gasteiger partial charge in [0.15, 0.2) is 0 Å². The molecule has 0 saturated heterocycles. The number of methoxy groups -OCH3 is 1. The Labute approximate surface area is 247 Å². The maximum absolute atomic E-state index is 14.0. The van der Waals surface area contributed by atoms with Crippen molar-refractivity contribution in [1.82, 2.24) is 10.2 Å². The Kier molecular flexibility index (Phi) is 11.3. The van der Waals surface area contributed by atoms with Gasteiger partial charge in [0.1, 0.15) is 29.9 Å². The molecule has 0 aliphatic heterocycles. The van der Waals surface area contributed by atoms with E-state index < -0.39 is 34.3 Å². The van der Waals surface area contributed by atoms with Crippen molar-refractivity contribution in [2.45, 2.75) is 57.6 Å². The monoisotopic (exact) mass is 599 g/mol. The number of hydrogen-bond acceptors (Lipinski definition) is 6. The highest BCUT2D eigenvalue weighted by atomic mass is 32.2. The molecule has 11 heteroatoms. The van der Waals surface area contributed by atoms with Gasteiger partial charge in [-0.25, -0.2) is 12.8 Å². The molecule has 1 N–H and O–H groups in total. The topological polar surface area (TPSA) is 105 Å². The molecule has 9 nitrogen and oxygen atoms in total. The van der Waals surface area contributed by atoms with Gasteiger partial charge in [-0.15, -0.1) is 0 Å². The van der Waals surface area contributed by atoms with Gasteiger partial charge in [0.25, 0.3) is 10.0 Å². The second kappa shape index (κ2) is 14.7. The van der Waals surface area contributed by atoms with E-state index >= 15 is 0 Å². The molecule has 226 valence electrons. The molecule has 0 spiro atoms. The Morgan fingerprint density at radius 1 is 0.952 bits per heavy atom. The minimum absolute atomic E-state index is 0.0193. The fourth-order valence-electron chi connectivity index (χ4n) is 4.15. The third-order valence-corrected chi connectivity index (χ3v) is 8.56. The molecule has 0 bridgehead atoms. The smallest absolute Gasteiger partial charge is 0.264 e. The fourth-order valence-corrected chi connectivity index (χ4v) is 5.57. The number of nitrogens with zero attached hydrogens (tertiary/aromatic N) is 2. The second-order valence-corrected chi connectivity index (χ2v) is 11.6. The van der Waals surface area contributed by atoms with E-state index in [1.54, 1.807) is 31.2 Å². The molecule has 3 aromatic carbocycles. The molecule has 0 aliphatic carbocycles. The van der Waals surface area contributed by atoms with Gasteiger partial charge in [-0.1, -0.05) is 19.1 Å². The number of benzene rings is 3. The number of rotatable bonds is 14. The third-order valence-electron chi connectivity index (χ3n) is 6.77. The average Bonchev–Trinajstić information content (AvgIpc) is 2.99. The first-order valence-corrected chi connectivity index (χ1v) is 15.2. The van der Waals surface area contributed by atoms with Crippen LogP contribution in [0, 0.1) is 5.82 Å². The standard InChI is InChI=1S/C31H38FN3O6S/c1-6-22(3)33-31(37)23(4)34(20-24-9-8-10-28(19-24)40-5)30(36)21-35(26-13-11-25(32)12-14-26)42(38,39)29-17-15-27(16-18-29)41-7-2/h8-19,22-23H,6-7,20-21H2,1-5H3,(H,33,37)/t22-,23-/m1/s1. The summed E-state index contributed by atoms with van der Waals surface area (Å²) in [5.74, 6) is -0.487. The molecule has 3 rings (SSSR count). The van der Waals surface area contributed by atoms with Crippen molar-refractivity contribution in [3.63, 3.8) is 0 Å². The number of hydrogen-bond donors (Lipinski definition) is 1. The number of ether oxygens (including phenoxy) is 2. The van der Waals surface area contributed by atoms with E-state index in [1.807, 2.05) is 20.8 Å². The van der Waals surface area contributed by atoms with Gasteiger partial charge in [-0.3, -0.25) is 13.9 Å². The van der Waals surface area contributed by atoms with Gasteiger partial charge < -0.3 is 19.7 Å². The Balaban J connectivity index is 2.02. The number of carbonyl (C=O) groups is 2. The third kappa shape index (κ3) is 8.22. The van der Waals surface area contributed by atoms with Crippen molar-refractivity contribution in [2.75, 3.05) is 24.6 Å². The molecule has 2 atom stereocenters. The molecular weight excluding hydrogens is 561 g/mol. The van der Waals surface area contributed by atoms with E-state index in [0.29, 0.717) is 30.1 Å². The number of sulfonamides is 1. The molecule has 0 heterocycles. The number of halogens is 1. The van der Waals surface area contributed by atoms with Crippen LogP contribution in [-0.2, 0) is 26.2 Å². The summed E-state index contributed by atoms with van der Waals surface area (Å²) in [7, 11) is -2.77. The van der Waals surface area contributed by atoms with Crippen LogP contribution in [0.25, 0.3) is 0 Å². The normalized spacial score (nSPS) is 12.6. The van der Waals surface area contributed by atoms with Crippen LogP contribution >= 0.6 is 0 Å². The quantitative estimate of drug-likeness (QED) is 0.287. The predicted octanol–water partition coefficient (Wildman–Crippen LogP) is 4.76.